The smallest absolute Gasteiger partial charge is 0.233 e. The van der Waals surface area contributed by atoms with Gasteiger partial charge in [-0.2, -0.15) is 15.0 Å². The van der Waals surface area contributed by atoms with Crippen molar-refractivity contribution in [3.05, 3.63) is 29.8 Å². The number of nitrogens with one attached hydrogen (secondary N) is 1. The quantitative estimate of drug-likeness (QED) is 0.849. The summed E-state index contributed by atoms with van der Waals surface area (Å²) in [5.74, 6) is 1.29. The first kappa shape index (κ1) is 15.0. The number of anilines is 4. The number of hydrogen-bond acceptors (Lipinski definition) is 6. The largest absolute Gasteiger partial charge is 0.368 e. The zero-order chi connectivity index (χ0) is 15.2. The molecule has 0 aliphatic rings. The van der Waals surface area contributed by atoms with Gasteiger partial charge in [0, 0.05) is 18.8 Å². The molecule has 2 aromatic rings. The summed E-state index contributed by atoms with van der Waals surface area (Å²) in [6.07, 6.45) is 0.986. The Morgan fingerprint density at radius 1 is 1.10 bits per heavy atom. The number of rotatable bonds is 6. The van der Waals surface area contributed by atoms with E-state index in [4.69, 9.17) is 5.73 Å². The Morgan fingerprint density at radius 2 is 1.86 bits per heavy atom. The maximum Gasteiger partial charge on any atom is 0.233 e. The second-order valence-electron chi connectivity index (χ2n) is 4.67. The standard InChI is InChI=1S/C15H22N6/c1-4-11-8-7-9-12(10-11)17-14-18-13(16)19-15(20-14)21(5-2)6-3/h7-10H,4-6H2,1-3H3,(H3,16,17,18,19,20). The van der Waals surface area contributed by atoms with E-state index in [0.717, 1.165) is 25.2 Å². The molecule has 112 valence electrons. The third-order valence-corrected chi connectivity index (χ3v) is 3.28. The minimum absolute atomic E-state index is 0.223. The third kappa shape index (κ3) is 3.81. The first-order chi connectivity index (χ1) is 10.2. The van der Waals surface area contributed by atoms with Gasteiger partial charge in [0.1, 0.15) is 0 Å². The molecular weight excluding hydrogens is 264 g/mol. The predicted octanol–water partition coefficient (Wildman–Crippen LogP) is 2.61. The maximum absolute atomic E-state index is 5.79. The number of nitrogens with two attached hydrogens (primary N) is 1. The van der Waals surface area contributed by atoms with Crippen LogP contribution in [0.2, 0.25) is 0 Å². The van der Waals surface area contributed by atoms with Crippen LogP contribution in [-0.2, 0) is 6.42 Å². The lowest BCUT2D eigenvalue weighted by Gasteiger charge is -2.19. The highest BCUT2D eigenvalue weighted by Crippen LogP contribution is 2.18. The molecule has 21 heavy (non-hydrogen) atoms. The van der Waals surface area contributed by atoms with Gasteiger partial charge in [-0.1, -0.05) is 19.1 Å². The van der Waals surface area contributed by atoms with Crippen LogP contribution in [0.4, 0.5) is 23.5 Å². The van der Waals surface area contributed by atoms with Crippen LogP contribution in [0.1, 0.15) is 26.3 Å². The van der Waals surface area contributed by atoms with E-state index in [0.29, 0.717) is 11.9 Å². The van der Waals surface area contributed by atoms with E-state index in [2.05, 4.69) is 53.2 Å². The molecule has 3 N–H and O–H groups in total. The van der Waals surface area contributed by atoms with E-state index in [-0.39, 0.29) is 5.95 Å². The van der Waals surface area contributed by atoms with Crippen molar-refractivity contribution in [3.8, 4) is 0 Å². The van der Waals surface area contributed by atoms with Gasteiger partial charge in [0.05, 0.1) is 0 Å². The number of nitrogen functional groups attached to an aromatic ring is 1. The summed E-state index contributed by atoms with van der Waals surface area (Å²) in [5.41, 5.74) is 7.99. The minimum Gasteiger partial charge on any atom is -0.368 e. The molecule has 0 bridgehead atoms. The van der Waals surface area contributed by atoms with Crippen LogP contribution >= 0.6 is 0 Å². The van der Waals surface area contributed by atoms with Gasteiger partial charge >= 0.3 is 0 Å². The van der Waals surface area contributed by atoms with Crippen molar-refractivity contribution in [2.24, 2.45) is 0 Å². The molecule has 0 aliphatic heterocycles. The predicted molar refractivity (Wildman–Crippen MR) is 86.9 cm³/mol. The summed E-state index contributed by atoms with van der Waals surface area (Å²) >= 11 is 0. The highest BCUT2D eigenvalue weighted by molar-refractivity contribution is 5.56. The van der Waals surface area contributed by atoms with Crippen molar-refractivity contribution < 1.29 is 0 Å². The minimum atomic E-state index is 0.223. The summed E-state index contributed by atoms with van der Waals surface area (Å²) in [7, 11) is 0. The highest BCUT2D eigenvalue weighted by Gasteiger charge is 2.09. The van der Waals surface area contributed by atoms with Gasteiger partial charge in [0.2, 0.25) is 17.8 Å². The number of aryl methyl sites for hydroxylation is 1. The fraction of sp³-hybridized carbons (Fsp3) is 0.400. The molecule has 0 saturated heterocycles. The van der Waals surface area contributed by atoms with Crippen molar-refractivity contribution in [2.75, 3.05) is 29.0 Å². The lowest BCUT2D eigenvalue weighted by Crippen LogP contribution is -2.25. The fourth-order valence-electron chi connectivity index (χ4n) is 2.08. The van der Waals surface area contributed by atoms with Gasteiger partial charge in [-0.05, 0) is 38.0 Å². The number of nitrogens with zero attached hydrogens (tertiary/aromatic N) is 4. The second kappa shape index (κ2) is 6.88. The monoisotopic (exact) mass is 286 g/mol. The summed E-state index contributed by atoms with van der Waals surface area (Å²) in [5, 5.41) is 3.19. The van der Waals surface area contributed by atoms with Crippen LogP contribution in [0.5, 0.6) is 0 Å². The Labute approximate surface area is 125 Å². The molecule has 0 spiro atoms. The zero-order valence-electron chi connectivity index (χ0n) is 12.8. The Hall–Kier alpha value is -2.37. The third-order valence-electron chi connectivity index (χ3n) is 3.28. The summed E-state index contributed by atoms with van der Waals surface area (Å²) < 4.78 is 0. The van der Waals surface area contributed by atoms with Gasteiger partial charge in [-0.15, -0.1) is 0 Å². The lowest BCUT2D eigenvalue weighted by atomic mass is 10.1. The molecule has 6 heteroatoms. The molecule has 0 amide bonds. The molecule has 1 aromatic carbocycles. The SMILES string of the molecule is CCc1cccc(Nc2nc(N)nc(N(CC)CC)n2)c1. The molecule has 1 heterocycles. The molecule has 0 atom stereocenters. The summed E-state index contributed by atoms with van der Waals surface area (Å²) in [6.45, 7) is 7.89. The molecule has 1 aromatic heterocycles. The topological polar surface area (TPSA) is 80.0 Å². The molecular formula is C15H22N6. The Bertz CT molecular complexity index is 594. The van der Waals surface area contributed by atoms with E-state index in [1.54, 1.807) is 0 Å². The molecule has 6 nitrogen and oxygen atoms in total. The first-order valence-corrected chi connectivity index (χ1v) is 7.28. The molecule has 0 aliphatic carbocycles. The number of aromatic nitrogens is 3. The van der Waals surface area contributed by atoms with Crippen LogP contribution in [-0.4, -0.2) is 28.0 Å². The molecule has 2 rings (SSSR count). The van der Waals surface area contributed by atoms with E-state index in [9.17, 15) is 0 Å². The number of hydrogen-bond donors (Lipinski definition) is 2. The van der Waals surface area contributed by atoms with Gasteiger partial charge in [-0.3, -0.25) is 0 Å². The van der Waals surface area contributed by atoms with E-state index in [1.807, 2.05) is 17.0 Å². The fourth-order valence-corrected chi connectivity index (χ4v) is 2.08. The second-order valence-corrected chi connectivity index (χ2v) is 4.67. The van der Waals surface area contributed by atoms with Gasteiger partial charge in [0.15, 0.2) is 0 Å². The average molecular weight is 286 g/mol. The van der Waals surface area contributed by atoms with Crippen molar-refractivity contribution in [1.82, 2.24) is 15.0 Å². The van der Waals surface area contributed by atoms with Crippen molar-refractivity contribution in [2.45, 2.75) is 27.2 Å². The van der Waals surface area contributed by atoms with Gasteiger partial charge < -0.3 is 16.0 Å². The van der Waals surface area contributed by atoms with Crippen molar-refractivity contribution in [3.63, 3.8) is 0 Å². The summed E-state index contributed by atoms with van der Waals surface area (Å²) in [6, 6.07) is 8.17. The number of benzene rings is 1. The maximum atomic E-state index is 5.79. The molecule has 0 saturated carbocycles. The van der Waals surface area contributed by atoms with Crippen LogP contribution < -0.4 is 16.0 Å². The van der Waals surface area contributed by atoms with E-state index in [1.165, 1.54) is 5.56 Å². The highest BCUT2D eigenvalue weighted by atomic mass is 15.3. The Kier molecular flexibility index (Phi) is 4.92. The van der Waals surface area contributed by atoms with Crippen LogP contribution in [0.25, 0.3) is 0 Å². The lowest BCUT2D eigenvalue weighted by molar-refractivity contribution is 0.816. The van der Waals surface area contributed by atoms with Crippen LogP contribution in [0.3, 0.4) is 0 Å². The van der Waals surface area contributed by atoms with Crippen molar-refractivity contribution >= 4 is 23.5 Å². The molecule has 0 unspecified atom stereocenters. The molecule has 0 radical (unpaired) electrons. The van der Waals surface area contributed by atoms with E-state index < -0.39 is 0 Å². The van der Waals surface area contributed by atoms with Crippen LogP contribution in [0, 0.1) is 0 Å². The summed E-state index contributed by atoms with van der Waals surface area (Å²) in [4.78, 5) is 14.8. The van der Waals surface area contributed by atoms with Crippen molar-refractivity contribution in [1.29, 1.82) is 0 Å². The molecule has 0 fully saturated rings. The van der Waals surface area contributed by atoms with Gasteiger partial charge in [0.25, 0.3) is 0 Å². The zero-order valence-corrected chi connectivity index (χ0v) is 12.8. The first-order valence-electron chi connectivity index (χ1n) is 7.28. The Balaban J connectivity index is 2.27. The van der Waals surface area contributed by atoms with Crippen LogP contribution in [0.15, 0.2) is 24.3 Å². The average Bonchev–Trinajstić information content (AvgIpc) is 2.48. The van der Waals surface area contributed by atoms with E-state index >= 15 is 0 Å². The Morgan fingerprint density at radius 3 is 2.52 bits per heavy atom. The normalized spacial score (nSPS) is 10.4. The van der Waals surface area contributed by atoms with Gasteiger partial charge in [-0.25, -0.2) is 0 Å².